The average molecular weight is 479 g/mol. The van der Waals surface area contributed by atoms with Crippen molar-refractivity contribution >= 4 is 17.7 Å². The van der Waals surface area contributed by atoms with E-state index < -0.39 is 6.04 Å². The van der Waals surface area contributed by atoms with E-state index in [-0.39, 0.29) is 54.3 Å². The van der Waals surface area contributed by atoms with Gasteiger partial charge in [-0.3, -0.25) is 19.3 Å². The molecule has 3 amide bonds. The first-order valence-electron chi connectivity index (χ1n) is 12.9. The Morgan fingerprint density at radius 3 is 2.29 bits per heavy atom. The van der Waals surface area contributed by atoms with Crippen LogP contribution >= 0.6 is 0 Å². The number of aliphatic hydroxyl groups excluding tert-OH is 1. The molecule has 2 rings (SSSR count). The van der Waals surface area contributed by atoms with E-state index in [0.717, 1.165) is 38.6 Å². The number of nitrogens with zero attached hydrogens (tertiary/aromatic N) is 3. The fourth-order valence-corrected chi connectivity index (χ4v) is 5.13. The number of carbonyl (C=O) groups excluding carboxylic acids is 3. The van der Waals surface area contributed by atoms with Crippen LogP contribution in [0.1, 0.15) is 66.7 Å². The third-order valence-electron chi connectivity index (χ3n) is 7.39. The molecule has 8 heteroatoms. The molecule has 194 valence electrons. The van der Waals surface area contributed by atoms with Gasteiger partial charge in [-0.25, -0.2) is 0 Å². The van der Waals surface area contributed by atoms with Gasteiger partial charge >= 0.3 is 0 Å². The molecule has 34 heavy (non-hydrogen) atoms. The number of amides is 3. The Bertz CT molecular complexity index is 751. The van der Waals surface area contributed by atoms with Gasteiger partial charge in [0.2, 0.25) is 17.7 Å². The zero-order chi connectivity index (χ0) is 25.6. The maximum Gasteiger partial charge on any atom is 0.249 e. The molecule has 0 aromatic carbocycles. The maximum absolute atomic E-state index is 13.6. The van der Waals surface area contributed by atoms with Gasteiger partial charge < -0.3 is 20.2 Å². The summed E-state index contributed by atoms with van der Waals surface area (Å²) >= 11 is 0. The predicted octanol–water partition coefficient (Wildman–Crippen LogP) is 2.02. The summed E-state index contributed by atoms with van der Waals surface area (Å²) < 4.78 is 0. The van der Waals surface area contributed by atoms with Crippen molar-refractivity contribution in [3.05, 3.63) is 11.6 Å². The van der Waals surface area contributed by atoms with Gasteiger partial charge in [-0.2, -0.15) is 0 Å². The summed E-state index contributed by atoms with van der Waals surface area (Å²) in [5.41, 5.74) is 0.577. The number of rotatable bonds is 9. The van der Waals surface area contributed by atoms with Crippen LogP contribution in [0, 0.1) is 11.8 Å². The summed E-state index contributed by atoms with van der Waals surface area (Å²) in [5, 5.41) is 12.6. The molecule has 0 bridgehead atoms. The molecule has 0 aliphatic carbocycles. The van der Waals surface area contributed by atoms with Gasteiger partial charge in [0.05, 0.1) is 24.7 Å². The molecule has 2 N–H and O–H groups in total. The molecule has 0 radical (unpaired) electrons. The summed E-state index contributed by atoms with van der Waals surface area (Å²) in [6.45, 7) is 11.2. The minimum absolute atomic E-state index is 0.0308. The molecule has 0 aromatic rings. The number of hydrogen-bond donors (Lipinski definition) is 2. The molecule has 0 saturated carbocycles. The highest BCUT2D eigenvalue weighted by atomic mass is 16.3. The Labute approximate surface area is 205 Å². The first-order chi connectivity index (χ1) is 16.0. The van der Waals surface area contributed by atoms with Gasteiger partial charge in [0, 0.05) is 19.2 Å². The molecule has 1 unspecified atom stereocenters. The largest absolute Gasteiger partial charge is 0.394 e. The van der Waals surface area contributed by atoms with E-state index in [2.05, 4.69) is 10.2 Å². The zero-order valence-corrected chi connectivity index (χ0v) is 22.2. The fraction of sp³-hybridized carbons (Fsp3) is 0.808. The van der Waals surface area contributed by atoms with Crippen LogP contribution in [0.4, 0.5) is 0 Å². The average Bonchev–Trinajstić information content (AvgIpc) is 3.28. The lowest BCUT2D eigenvalue weighted by Crippen LogP contribution is -2.57. The molecule has 8 nitrogen and oxygen atoms in total. The molecular weight excluding hydrogens is 432 g/mol. The molecule has 2 aliphatic heterocycles. The molecule has 0 aromatic heterocycles. The quantitative estimate of drug-likeness (QED) is 0.495. The van der Waals surface area contributed by atoms with Crippen LogP contribution in [-0.4, -0.2) is 95.5 Å². The van der Waals surface area contributed by atoms with Gasteiger partial charge in [-0.15, -0.1) is 0 Å². The molecule has 4 atom stereocenters. The molecule has 2 heterocycles. The Hall–Kier alpha value is -1.93. The maximum atomic E-state index is 13.6. The van der Waals surface area contributed by atoms with Gasteiger partial charge in [0.25, 0.3) is 0 Å². The van der Waals surface area contributed by atoms with Crippen LogP contribution in [0.15, 0.2) is 11.6 Å². The number of likely N-dealkylation sites (tertiary alicyclic amines) is 2. The highest BCUT2D eigenvalue weighted by molar-refractivity contribution is 5.94. The van der Waals surface area contributed by atoms with Crippen LogP contribution in [-0.2, 0) is 14.4 Å². The lowest BCUT2D eigenvalue weighted by molar-refractivity contribution is -0.139. The van der Waals surface area contributed by atoms with Crippen molar-refractivity contribution < 1.29 is 19.5 Å². The Kier molecular flexibility index (Phi) is 10.6. The second-order valence-electron chi connectivity index (χ2n) is 10.7. The highest BCUT2D eigenvalue weighted by Gasteiger charge is 2.35. The molecule has 2 saturated heterocycles. The van der Waals surface area contributed by atoms with Crippen LogP contribution in [0.2, 0.25) is 0 Å². The molecular formula is C26H46N4O4. The summed E-state index contributed by atoms with van der Waals surface area (Å²) in [7, 11) is 3.71. The molecule has 0 spiro atoms. The van der Waals surface area contributed by atoms with Crippen molar-refractivity contribution in [2.24, 2.45) is 11.8 Å². The minimum atomic E-state index is -0.629. The van der Waals surface area contributed by atoms with Gasteiger partial charge in [-0.05, 0) is 58.0 Å². The number of likely N-dealkylation sites (N-methyl/N-ethyl adjacent to an activating group) is 2. The fourth-order valence-electron chi connectivity index (χ4n) is 5.13. The van der Waals surface area contributed by atoms with E-state index in [1.54, 1.807) is 23.8 Å². The summed E-state index contributed by atoms with van der Waals surface area (Å²) in [6, 6.07) is -1.25. The smallest absolute Gasteiger partial charge is 0.249 e. The lowest BCUT2D eigenvalue weighted by Gasteiger charge is -2.36. The normalized spacial score (nSPS) is 23.8. The number of hydrogen-bond acceptors (Lipinski definition) is 5. The Balaban J connectivity index is 2.17. The number of aliphatic hydroxyl groups is 1. The van der Waals surface area contributed by atoms with Crippen molar-refractivity contribution in [2.45, 2.75) is 90.9 Å². The van der Waals surface area contributed by atoms with E-state index >= 15 is 0 Å². The summed E-state index contributed by atoms with van der Waals surface area (Å²) in [5.74, 6) is -0.308. The summed E-state index contributed by atoms with van der Waals surface area (Å²) in [6.07, 6.45) is 6.49. The van der Waals surface area contributed by atoms with E-state index in [0.29, 0.717) is 12.1 Å². The number of nitrogens with one attached hydrogen (secondary N) is 1. The van der Waals surface area contributed by atoms with Crippen LogP contribution < -0.4 is 5.32 Å². The van der Waals surface area contributed by atoms with Crippen molar-refractivity contribution in [1.82, 2.24) is 20.0 Å². The SMILES string of the molecule is C/C(=C\[C@H](C(C)C)N(C)C(=O)[C@@H](NC(=O)C1CCCCN1C)C(C)C)C(=O)N1CCC[C@H]1CO. The van der Waals surface area contributed by atoms with Gasteiger partial charge in [0.1, 0.15) is 6.04 Å². The van der Waals surface area contributed by atoms with Crippen molar-refractivity contribution in [3.8, 4) is 0 Å². The topological polar surface area (TPSA) is 93.2 Å². The van der Waals surface area contributed by atoms with Crippen LogP contribution in [0.3, 0.4) is 0 Å². The van der Waals surface area contributed by atoms with Crippen molar-refractivity contribution in [2.75, 3.05) is 33.8 Å². The van der Waals surface area contributed by atoms with E-state index in [1.807, 2.05) is 40.8 Å². The lowest BCUT2D eigenvalue weighted by atomic mass is 9.96. The number of carbonyl (C=O) groups is 3. The highest BCUT2D eigenvalue weighted by Crippen LogP contribution is 2.22. The Morgan fingerprint density at radius 2 is 1.74 bits per heavy atom. The second kappa shape index (κ2) is 12.7. The van der Waals surface area contributed by atoms with E-state index in [9.17, 15) is 19.5 Å². The third kappa shape index (κ3) is 6.81. The molecule has 2 fully saturated rings. The minimum Gasteiger partial charge on any atom is -0.394 e. The Morgan fingerprint density at radius 1 is 1.06 bits per heavy atom. The third-order valence-corrected chi connectivity index (χ3v) is 7.39. The van der Waals surface area contributed by atoms with Crippen LogP contribution in [0.25, 0.3) is 0 Å². The van der Waals surface area contributed by atoms with E-state index in [4.69, 9.17) is 0 Å². The first-order valence-corrected chi connectivity index (χ1v) is 12.9. The monoisotopic (exact) mass is 478 g/mol. The van der Waals surface area contributed by atoms with Crippen LogP contribution in [0.5, 0.6) is 0 Å². The second-order valence-corrected chi connectivity index (χ2v) is 10.7. The molecule has 2 aliphatic rings. The summed E-state index contributed by atoms with van der Waals surface area (Å²) in [4.78, 5) is 45.1. The van der Waals surface area contributed by atoms with Gasteiger partial charge in [0.15, 0.2) is 0 Å². The van der Waals surface area contributed by atoms with Crippen molar-refractivity contribution in [1.29, 1.82) is 0 Å². The number of piperidine rings is 1. The van der Waals surface area contributed by atoms with Gasteiger partial charge in [-0.1, -0.05) is 40.2 Å². The van der Waals surface area contributed by atoms with E-state index in [1.165, 1.54) is 0 Å². The standard InChI is InChI=1S/C26H46N4O4/c1-17(2)22(15-19(5)25(33)30-14-10-11-20(30)16-31)29(7)26(34)23(18(3)4)27-24(32)21-12-8-9-13-28(21)6/h15,17-18,20-23,31H,8-14,16H2,1-7H3,(H,27,32)/b19-15+/t20-,21?,22+,23-/m0/s1. The van der Waals surface area contributed by atoms with Crippen molar-refractivity contribution in [3.63, 3.8) is 0 Å². The zero-order valence-electron chi connectivity index (χ0n) is 22.2. The predicted molar refractivity (Wildman–Crippen MR) is 134 cm³/mol. The first kappa shape index (κ1) is 28.3.